The second kappa shape index (κ2) is 6.35. The Morgan fingerprint density at radius 2 is 2.38 bits per heavy atom. The van der Waals surface area contributed by atoms with E-state index >= 15 is 0 Å². The summed E-state index contributed by atoms with van der Waals surface area (Å²) >= 11 is 0. The van der Waals surface area contributed by atoms with Gasteiger partial charge < -0.3 is 14.8 Å². The van der Waals surface area contributed by atoms with Gasteiger partial charge in [-0.25, -0.2) is 0 Å². The quantitative estimate of drug-likeness (QED) is 0.708. The predicted molar refractivity (Wildman–Crippen MR) is 52.7 cm³/mol. The fourth-order valence-corrected chi connectivity index (χ4v) is 1.53. The van der Waals surface area contributed by atoms with Crippen LogP contribution in [-0.2, 0) is 9.47 Å². The van der Waals surface area contributed by atoms with Gasteiger partial charge in [-0.2, -0.15) is 0 Å². The molecule has 3 nitrogen and oxygen atoms in total. The summed E-state index contributed by atoms with van der Waals surface area (Å²) in [5.74, 6) is 0. The average molecular weight is 187 g/mol. The van der Waals surface area contributed by atoms with Crippen LogP contribution in [0.3, 0.4) is 0 Å². The van der Waals surface area contributed by atoms with E-state index in [2.05, 4.69) is 19.2 Å². The Morgan fingerprint density at radius 3 is 3.00 bits per heavy atom. The maximum absolute atomic E-state index is 5.42. The van der Waals surface area contributed by atoms with E-state index in [0.29, 0.717) is 18.9 Å². The first-order chi connectivity index (χ1) is 6.33. The van der Waals surface area contributed by atoms with Crippen molar-refractivity contribution in [2.24, 2.45) is 0 Å². The second-order valence-corrected chi connectivity index (χ2v) is 3.70. The highest BCUT2D eigenvalue weighted by Gasteiger charge is 2.14. The van der Waals surface area contributed by atoms with E-state index in [0.717, 1.165) is 19.6 Å². The zero-order valence-electron chi connectivity index (χ0n) is 8.71. The Bertz CT molecular complexity index is 124. The van der Waals surface area contributed by atoms with Crippen molar-refractivity contribution in [3.8, 4) is 0 Å². The summed E-state index contributed by atoms with van der Waals surface area (Å²) in [7, 11) is 0. The minimum atomic E-state index is 0.355. The standard InChI is InChI=1S/C10H21NO2/c1-3-4-9(2)11-7-10-5-6-12-8-13-10/h9-11H,3-8H2,1-2H3. The second-order valence-electron chi connectivity index (χ2n) is 3.70. The van der Waals surface area contributed by atoms with Crippen molar-refractivity contribution in [1.29, 1.82) is 0 Å². The monoisotopic (exact) mass is 187 g/mol. The van der Waals surface area contributed by atoms with Gasteiger partial charge in [-0.1, -0.05) is 13.3 Å². The van der Waals surface area contributed by atoms with Gasteiger partial charge in [-0.3, -0.25) is 0 Å². The number of hydrogen-bond acceptors (Lipinski definition) is 3. The summed E-state index contributed by atoms with van der Waals surface area (Å²) in [4.78, 5) is 0. The van der Waals surface area contributed by atoms with Gasteiger partial charge in [0.2, 0.25) is 0 Å². The van der Waals surface area contributed by atoms with Crippen molar-refractivity contribution in [2.75, 3.05) is 19.9 Å². The lowest BCUT2D eigenvalue weighted by Gasteiger charge is -2.24. The van der Waals surface area contributed by atoms with E-state index in [1.165, 1.54) is 12.8 Å². The summed E-state index contributed by atoms with van der Waals surface area (Å²) in [6.07, 6.45) is 3.85. The molecule has 3 heteroatoms. The zero-order valence-corrected chi connectivity index (χ0v) is 8.71. The molecule has 1 aliphatic rings. The van der Waals surface area contributed by atoms with Gasteiger partial charge in [-0.05, 0) is 19.8 Å². The molecule has 0 aromatic heterocycles. The Hall–Kier alpha value is -0.120. The van der Waals surface area contributed by atoms with Crippen LogP contribution in [0.25, 0.3) is 0 Å². The first-order valence-corrected chi connectivity index (χ1v) is 5.25. The molecule has 2 unspecified atom stereocenters. The lowest BCUT2D eigenvalue weighted by molar-refractivity contribution is -0.137. The summed E-state index contributed by atoms with van der Waals surface area (Å²) in [5.41, 5.74) is 0. The van der Waals surface area contributed by atoms with Crippen LogP contribution in [0.4, 0.5) is 0 Å². The fourth-order valence-electron chi connectivity index (χ4n) is 1.53. The van der Waals surface area contributed by atoms with Gasteiger partial charge >= 0.3 is 0 Å². The molecule has 0 saturated carbocycles. The predicted octanol–water partition coefficient (Wildman–Crippen LogP) is 1.53. The molecule has 0 radical (unpaired) electrons. The van der Waals surface area contributed by atoms with Gasteiger partial charge in [0.1, 0.15) is 6.79 Å². The Labute approximate surface area is 80.8 Å². The molecule has 1 fully saturated rings. The van der Waals surface area contributed by atoms with Crippen molar-refractivity contribution in [3.05, 3.63) is 0 Å². The van der Waals surface area contributed by atoms with E-state index in [4.69, 9.17) is 9.47 Å². The number of ether oxygens (including phenoxy) is 2. The minimum Gasteiger partial charge on any atom is -0.355 e. The number of rotatable bonds is 5. The zero-order chi connectivity index (χ0) is 9.52. The molecule has 0 aromatic carbocycles. The number of nitrogens with one attached hydrogen (secondary N) is 1. The molecule has 2 atom stereocenters. The Balaban J connectivity index is 2.03. The van der Waals surface area contributed by atoms with Crippen LogP contribution in [0.5, 0.6) is 0 Å². The summed E-state index contributed by atoms with van der Waals surface area (Å²) in [6, 6.07) is 0.608. The van der Waals surface area contributed by atoms with Crippen LogP contribution >= 0.6 is 0 Å². The average Bonchev–Trinajstić information content (AvgIpc) is 2.17. The van der Waals surface area contributed by atoms with Gasteiger partial charge in [-0.15, -0.1) is 0 Å². The molecule has 0 amide bonds. The molecule has 78 valence electrons. The number of hydrogen-bond donors (Lipinski definition) is 1. The normalized spacial score (nSPS) is 25.8. The molecule has 13 heavy (non-hydrogen) atoms. The Kier molecular flexibility index (Phi) is 5.35. The van der Waals surface area contributed by atoms with Gasteiger partial charge in [0, 0.05) is 12.6 Å². The highest BCUT2D eigenvalue weighted by Crippen LogP contribution is 2.05. The summed E-state index contributed by atoms with van der Waals surface area (Å²) in [5, 5.41) is 3.47. The lowest BCUT2D eigenvalue weighted by Crippen LogP contribution is -2.38. The van der Waals surface area contributed by atoms with Gasteiger partial charge in [0.15, 0.2) is 0 Å². The topological polar surface area (TPSA) is 30.5 Å². The first-order valence-electron chi connectivity index (χ1n) is 5.25. The van der Waals surface area contributed by atoms with E-state index in [9.17, 15) is 0 Å². The van der Waals surface area contributed by atoms with Crippen molar-refractivity contribution < 1.29 is 9.47 Å². The SMILES string of the molecule is CCCC(C)NCC1CCOCO1. The van der Waals surface area contributed by atoms with Crippen molar-refractivity contribution in [2.45, 2.75) is 45.3 Å². The third kappa shape index (κ3) is 4.60. The van der Waals surface area contributed by atoms with E-state index in [1.807, 2.05) is 0 Å². The van der Waals surface area contributed by atoms with Gasteiger partial charge in [0.05, 0.1) is 12.7 Å². The molecule has 1 N–H and O–H groups in total. The van der Waals surface area contributed by atoms with Crippen LogP contribution in [0.1, 0.15) is 33.1 Å². The van der Waals surface area contributed by atoms with Crippen LogP contribution in [0.2, 0.25) is 0 Å². The lowest BCUT2D eigenvalue weighted by atomic mass is 10.2. The Morgan fingerprint density at radius 1 is 1.54 bits per heavy atom. The summed E-state index contributed by atoms with van der Waals surface area (Å²) in [6.45, 7) is 6.71. The molecule has 1 rings (SSSR count). The van der Waals surface area contributed by atoms with E-state index in [-0.39, 0.29) is 0 Å². The highest BCUT2D eigenvalue weighted by atomic mass is 16.7. The molecular weight excluding hydrogens is 166 g/mol. The molecular formula is C10H21NO2. The van der Waals surface area contributed by atoms with Crippen molar-refractivity contribution in [1.82, 2.24) is 5.32 Å². The maximum atomic E-state index is 5.42. The third-order valence-corrected chi connectivity index (χ3v) is 2.39. The maximum Gasteiger partial charge on any atom is 0.147 e. The third-order valence-electron chi connectivity index (χ3n) is 2.39. The minimum absolute atomic E-state index is 0.355. The largest absolute Gasteiger partial charge is 0.355 e. The first kappa shape index (κ1) is 11.0. The van der Waals surface area contributed by atoms with E-state index < -0.39 is 0 Å². The smallest absolute Gasteiger partial charge is 0.147 e. The molecule has 0 aromatic rings. The highest BCUT2D eigenvalue weighted by molar-refractivity contribution is 4.67. The molecule has 0 aliphatic carbocycles. The van der Waals surface area contributed by atoms with Crippen molar-refractivity contribution >= 4 is 0 Å². The molecule has 1 heterocycles. The molecule has 0 bridgehead atoms. The summed E-state index contributed by atoms with van der Waals surface area (Å²) < 4.78 is 10.5. The van der Waals surface area contributed by atoms with Crippen molar-refractivity contribution in [3.63, 3.8) is 0 Å². The van der Waals surface area contributed by atoms with Gasteiger partial charge in [0.25, 0.3) is 0 Å². The van der Waals surface area contributed by atoms with Crippen LogP contribution in [0, 0.1) is 0 Å². The molecule has 1 saturated heterocycles. The molecule has 1 aliphatic heterocycles. The van der Waals surface area contributed by atoms with Crippen LogP contribution < -0.4 is 5.32 Å². The van der Waals surface area contributed by atoms with E-state index in [1.54, 1.807) is 0 Å². The fraction of sp³-hybridized carbons (Fsp3) is 1.00. The van der Waals surface area contributed by atoms with Crippen LogP contribution in [0.15, 0.2) is 0 Å². The van der Waals surface area contributed by atoms with Crippen LogP contribution in [-0.4, -0.2) is 32.1 Å². The molecule has 0 spiro atoms.